The minimum absolute atomic E-state index is 0.0224. The first kappa shape index (κ1) is 22.2. The first-order valence-corrected chi connectivity index (χ1v) is 9.84. The Balaban J connectivity index is 2.59. The predicted octanol–water partition coefficient (Wildman–Crippen LogP) is 1.70. The average molecular weight is 357 g/mol. The van der Waals surface area contributed by atoms with Crippen molar-refractivity contribution in [2.75, 3.05) is 52.5 Å². The monoisotopic (exact) mass is 356 g/mol. The topological polar surface area (TPSA) is 69.1 Å². The Labute approximate surface area is 154 Å². The smallest absolute Gasteiger partial charge is 0.191 e. The van der Waals surface area contributed by atoms with Crippen LogP contribution in [0.1, 0.15) is 47.5 Å². The molecule has 0 aromatic rings. The number of hydrogen-bond donors (Lipinski definition) is 3. The van der Waals surface area contributed by atoms with Gasteiger partial charge in [-0.25, -0.2) is 0 Å². The fourth-order valence-corrected chi connectivity index (χ4v) is 3.28. The minimum Gasteiger partial charge on any atom is -0.396 e. The summed E-state index contributed by atoms with van der Waals surface area (Å²) in [6.07, 6.45) is 1.95. The molecular formula is C19H40N4O2. The van der Waals surface area contributed by atoms with Gasteiger partial charge in [0.15, 0.2) is 5.96 Å². The second-order valence-electron chi connectivity index (χ2n) is 8.00. The van der Waals surface area contributed by atoms with Crippen molar-refractivity contribution in [1.29, 1.82) is 0 Å². The van der Waals surface area contributed by atoms with Crippen LogP contribution < -0.4 is 10.6 Å². The first-order chi connectivity index (χ1) is 11.9. The van der Waals surface area contributed by atoms with Crippen molar-refractivity contribution in [2.45, 2.75) is 53.0 Å². The van der Waals surface area contributed by atoms with E-state index in [1.165, 1.54) is 0 Å². The number of nitrogens with zero attached hydrogens (tertiary/aromatic N) is 2. The van der Waals surface area contributed by atoms with Crippen LogP contribution in [0.15, 0.2) is 4.99 Å². The quantitative estimate of drug-likeness (QED) is 0.411. The van der Waals surface area contributed by atoms with Crippen LogP contribution in [-0.2, 0) is 4.74 Å². The number of nitrogens with one attached hydrogen (secondary N) is 2. The standard InChI is InChI=1S/C19H40N4O2/c1-6-20-18(21-14-17(7-10-24)13-16(2)3)22-15-19(4,5)23-8-11-25-12-9-23/h16-17,24H,6-15H2,1-5H3,(H2,20,21,22). The molecule has 0 saturated carbocycles. The highest BCUT2D eigenvalue weighted by molar-refractivity contribution is 5.79. The van der Waals surface area contributed by atoms with Crippen LogP contribution in [-0.4, -0.2) is 74.0 Å². The molecule has 0 radical (unpaired) electrons. The SMILES string of the molecule is CCNC(=NCC(C)(C)N1CCOCC1)NCC(CCO)CC(C)C. The van der Waals surface area contributed by atoms with Crippen molar-refractivity contribution in [1.82, 2.24) is 15.5 Å². The molecule has 1 saturated heterocycles. The molecule has 6 heteroatoms. The van der Waals surface area contributed by atoms with Crippen LogP contribution in [0.25, 0.3) is 0 Å². The maximum atomic E-state index is 9.28. The molecule has 0 amide bonds. The summed E-state index contributed by atoms with van der Waals surface area (Å²) in [5.41, 5.74) is 0.0224. The van der Waals surface area contributed by atoms with Gasteiger partial charge in [-0.2, -0.15) is 0 Å². The molecule has 1 aliphatic heterocycles. The summed E-state index contributed by atoms with van der Waals surface area (Å²) in [6, 6.07) is 0. The van der Waals surface area contributed by atoms with Crippen LogP contribution in [0.5, 0.6) is 0 Å². The van der Waals surface area contributed by atoms with E-state index < -0.39 is 0 Å². The molecular weight excluding hydrogens is 316 g/mol. The lowest BCUT2D eigenvalue weighted by Gasteiger charge is -2.40. The van der Waals surface area contributed by atoms with E-state index >= 15 is 0 Å². The van der Waals surface area contributed by atoms with E-state index in [0.29, 0.717) is 11.8 Å². The number of hydrogen-bond acceptors (Lipinski definition) is 4. The molecule has 0 aromatic carbocycles. The third-order valence-corrected chi connectivity index (χ3v) is 4.74. The number of morpholine rings is 1. The number of aliphatic hydroxyl groups excluding tert-OH is 1. The zero-order chi connectivity index (χ0) is 18.7. The fraction of sp³-hybridized carbons (Fsp3) is 0.947. The van der Waals surface area contributed by atoms with Crippen LogP contribution in [0.2, 0.25) is 0 Å². The number of aliphatic imine (C=N–C) groups is 1. The van der Waals surface area contributed by atoms with Crippen molar-refractivity contribution in [3.05, 3.63) is 0 Å². The highest BCUT2D eigenvalue weighted by atomic mass is 16.5. The van der Waals surface area contributed by atoms with Gasteiger partial charge in [0.25, 0.3) is 0 Å². The summed E-state index contributed by atoms with van der Waals surface area (Å²) in [5, 5.41) is 16.1. The maximum absolute atomic E-state index is 9.28. The maximum Gasteiger partial charge on any atom is 0.191 e. The summed E-state index contributed by atoms with van der Waals surface area (Å²) in [7, 11) is 0. The van der Waals surface area contributed by atoms with Crippen LogP contribution in [0, 0.1) is 11.8 Å². The van der Waals surface area contributed by atoms with Crippen molar-refractivity contribution >= 4 is 5.96 Å². The van der Waals surface area contributed by atoms with E-state index in [4.69, 9.17) is 9.73 Å². The molecule has 1 fully saturated rings. The highest BCUT2D eigenvalue weighted by Crippen LogP contribution is 2.17. The van der Waals surface area contributed by atoms with Gasteiger partial charge in [-0.05, 0) is 45.4 Å². The fourth-order valence-electron chi connectivity index (χ4n) is 3.28. The summed E-state index contributed by atoms with van der Waals surface area (Å²) >= 11 is 0. The Morgan fingerprint density at radius 2 is 1.92 bits per heavy atom. The number of aliphatic hydroxyl groups is 1. The van der Waals surface area contributed by atoms with Crippen LogP contribution in [0.4, 0.5) is 0 Å². The predicted molar refractivity (Wildman–Crippen MR) is 105 cm³/mol. The largest absolute Gasteiger partial charge is 0.396 e. The van der Waals surface area contributed by atoms with E-state index in [1.807, 2.05) is 0 Å². The Kier molecular flexibility index (Phi) is 10.4. The van der Waals surface area contributed by atoms with Crippen molar-refractivity contribution in [2.24, 2.45) is 16.8 Å². The molecule has 25 heavy (non-hydrogen) atoms. The van der Waals surface area contributed by atoms with Crippen LogP contribution >= 0.6 is 0 Å². The molecule has 6 nitrogen and oxygen atoms in total. The van der Waals surface area contributed by atoms with E-state index in [9.17, 15) is 5.11 Å². The summed E-state index contributed by atoms with van der Waals surface area (Å²) < 4.78 is 5.46. The molecule has 1 unspecified atom stereocenters. The minimum atomic E-state index is 0.0224. The number of guanidine groups is 1. The molecule has 148 valence electrons. The molecule has 1 atom stereocenters. The van der Waals surface area contributed by atoms with E-state index in [0.717, 1.165) is 64.7 Å². The highest BCUT2D eigenvalue weighted by Gasteiger charge is 2.28. The van der Waals surface area contributed by atoms with Gasteiger partial charge in [0.2, 0.25) is 0 Å². The Morgan fingerprint density at radius 1 is 1.24 bits per heavy atom. The Morgan fingerprint density at radius 3 is 2.48 bits per heavy atom. The first-order valence-electron chi connectivity index (χ1n) is 9.84. The number of ether oxygens (including phenoxy) is 1. The average Bonchev–Trinajstić information content (AvgIpc) is 2.57. The van der Waals surface area contributed by atoms with E-state index in [-0.39, 0.29) is 12.1 Å². The van der Waals surface area contributed by atoms with Gasteiger partial charge in [0.1, 0.15) is 0 Å². The van der Waals surface area contributed by atoms with Gasteiger partial charge >= 0.3 is 0 Å². The van der Waals surface area contributed by atoms with Gasteiger partial charge in [-0.3, -0.25) is 9.89 Å². The molecule has 0 bridgehead atoms. The zero-order valence-corrected chi connectivity index (χ0v) is 17.0. The molecule has 3 N–H and O–H groups in total. The Bertz CT molecular complexity index is 380. The molecule has 0 aromatic heterocycles. The summed E-state index contributed by atoms with van der Waals surface area (Å²) in [4.78, 5) is 7.28. The molecule has 1 heterocycles. The van der Waals surface area contributed by atoms with Gasteiger partial charge in [-0.15, -0.1) is 0 Å². The van der Waals surface area contributed by atoms with Crippen molar-refractivity contribution < 1.29 is 9.84 Å². The number of rotatable bonds is 10. The second kappa shape index (κ2) is 11.7. The van der Waals surface area contributed by atoms with Gasteiger partial charge < -0.3 is 20.5 Å². The van der Waals surface area contributed by atoms with Gasteiger partial charge in [0, 0.05) is 38.3 Å². The van der Waals surface area contributed by atoms with Gasteiger partial charge in [-0.1, -0.05) is 13.8 Å². The lowest BCUT2D eigenvalue weighted by Crippen LogP contribution is -2.52. The summed E-state index contributed by atoms with van der Waals surface area (Å²) in [5.74, 6) is 1.98. The molecule has 1 aliphatic rings. The molecule has 0 aliphatic carbocycles. The van der Waals surface area contributed by atoms with E-state index in [2.05, 4.69) is 50.2 Å². The Hall–Kier alpha value is -0.850. The lowest BCUT2D eigenvalue weighted by atomic mass is 9.94. The summed E-state index contributed by atoms with van der Waals surface area (Å²) in [6.45, 7) is 17.3. The third kappa shape index (κ3) is 8.88. The van der Waals surface area contributed by atoms with E-state index in [1.54, 1.807) is 0 Å². The lowest BCUT2D eigenvalue weighted by molar-refractivity contribution is -0.00684. The van der Waals surface area contributed by atoms with Crippen molar-refractivity contribution in [3.63, 3.8) is 0 Å². The van der Waals surface area contributed by atoms with Crippen LogP contribution in [0.3, 0.4) is 0 Å². The third-order valence-electron chi connectivity index (χ3n) is 4.74. The van der Waals surface area contributed by atoms with Gasteiger partial charge in [0.05, 0.1) is 19.8 Å². The van der Waals surface area contributed by atoms with Crippen molar-refractivity contribution in [3.8, 4) is 0 Å². The second-order valence-corrected chi connectivity index (χ2v) is 8.00. The molecule has 0 spiro atoms. The normalized spacial score (nSPS) is 18.4. The molecule has 1 rings (SSSR count). The zero-order valence-electron chi connectivity index (χ0n) is 17.0.